The Morgan fingerprint density at radius 3 is 2.05 bits per heavy atom. The number of rotatable bonds is 12. The molecular formula is C32H32N2O8. The number of benzene rings is 3. The lowest BCUT2D eigenvalue weighted by atomic mass is 9.98. The number of hydrogen-bond donors (Lipinski definition) is 3. The van der Waals surface area contributed by atoms with Gasteiger partial charge in [-0.2, -0.15) is 5.26 Å². The smallest absolute Gasteiger partial charge is 0.407 e. The molecule has 42 heavy (non-hydrogen) atoms. The van der Waals surface area contributed by atoms with Crippen molar-refractivity contribution in [2.45, 2.75) is 37.8 Å². The Hall–Kier alpha value is -4.96. The van der Waals surface area contributed by atoms with Crippen molar-refractivity contribution >= 4 is 23.9 Å². The topological polar surface area (TPSA) is 140 Å². The molecule has 0 unspecified atom stereocenters. The molecule has 0 heterocycles. The van der Waals surface area contributed by atoms with E-state index < -0.39 is 36.0 Å². The Bertz CT molecular complexity index is 1390. The van der Waals surface area contributed by atoms with E-state index >= 15 is 0 Å². The van der Waals surface area contributed by atoms with Gasteiger partial charge in [0.2, 0.25) is 5.91 Å². The average molecular weight is 573 g/mol. The molecule has 2 amide bonds. The fourth-order valence-corrected chi connectivity index (χ4v) is 4.86. The van der Waals surface area contributed by atoms with E-state index in [4.69, 9.17) is 14.7 Å². The largest absolute Gasteiger partial charge is 0.462 e. The maximum atomic E-state index is 13.3. The van der Waals surface area contributed by atoms with Crippen molar-refractivity contribution in [3.63, 3.8) is 0 Å². The van der Waals surface area contributed by atoms with Gasteiger partial charge < -0.3 is 20.1 Å². The minimum atomic E-state index is -1.22. The van der Waals surface area contributed by atoms with E-state index in [1.807, 2.05) is 48.5 Å². The number of hydrogen-bond acceptors (Lipinski definition) is 8. The van der Waals surface area contributed by atoms with E-state index in [-0.39, 0.29) is 32.0 Å². The highest BCUT2D eigenvalue weighted by Gasteiger charge is 2.31. The molecule has 1 aliphatic carbocycles. The average Bonchev–Trinajstić information content (AvgIpc) is 3.32. The standard InChI is InChI=1S/C32H32N2O8/c1-21(35)40-18-10-9-17-28(30(36)33-29(31(37)42-39)19-22-11-3-2-4-12-22)34-32(38)41-20-27-25-15-7-5-13-23(25)24-14-6-8-16-26(24)27/h2-16,27-29,39H,17-20H2,1H3,(H,33,36)(H,34,38)/b10-9+/t28-,29-/m0/s1. The molecule has 218 valence electrons. The summed E-state index contributed by atoms with van der Waals surface area (Å²) in [5.41, 5.74) is 4.96. The third-order valence-electron chi connectivity index (χ3n) is 6.85. The number of carbonyl (C=O) groups is 4. The van der Waals surface area contributed by atoms with E-state index in [2.05, 4.69) is 15.5 Å². The number of fused-ring (bicyclic) bond motifs is 3. The fraction of sp³-hybridized carbons (Fsp3) is 0.250. The quantitative estimate of drug-likeness (QED) is 0.0967. The number of carbonyl (C=O) groups excluding carboxylic acids is 4. The van der Waals surface area contributed by atoms with Crippen LogP contribution in [0.15, 0.2) is 91.0 Å². The van der Waals surface area contributed by atoms with Gasteiger partial charge in [0.15, 0.2) is 0 Å². The summed E-state index contributed by atoms with van der Waals surface area (Å²) in [7, 11) is 0. The first-order valence-corrected chi connectivity index (χ1v) is 13.5. The predicted octanol–water partition coefficient (Wildman–Crippen LogP) is 4.15. The molecule has 4 rings (SSSR count). The SMILES string of the molecule is CC(=O)OC/C=C/C[C@H](NC(=O)OCC1c2ccccc2-c2ccccc21)C(=O)N[C@@H](Cc1ccccc1)C(=O)OO. The van der Waals surface area contributed by atoms with E-state index in [9.17, 15) is 19.2 Å². The maximum absolute atomic E-state index is 13.3. The second-order valence-electron chi connectivity index (χ2n) is 9.69. The molecule has 10 heteroatoms. The second kappa shape index (κ2) is 14.6. The molecule has 0 bridgehead atoms. The summed E-state index contributed by atoms with van der Waals surface area (Å²) in [4.78, 5) is 53.4. The lowest BCUT2D eigenvalue weighted by Crippen LogP contribution is -2.52. The van der Waals surface area contributed by atoms with Crippen molar-refractivity contribution in [2.24, 2.45) is 0 Å². The molecule has 0 saturated heterocycles. The molecule has 3 N–H and O–H groups in total. The van der Waals surface area contributed by atoms with Gasteiger partial charge in [-0.05, 0) is 34.2 Å². The molecule has 3 aromatic carbocycles. The third-order valence-corrected chi connectivity index (χ3v) is 6.85. The van der Waals surface area contributed by atoms with Crippen molar-refractivity contribution in [3.05, 3.63) is 108 Å². The second-order valence-corrected chi connectivity index (χ2v) is 9.69. The van der Waals surface area contributed by atoms with E-state index in [1.54, 1.807) is 36.4 Å². The van der Waals surface area contributed by atoms with E-state index in [0.717, 1.165) is 27.8 Å². The molecular weight excluding hydrogens is 540 g/mol. The molecule has 3 aromatic rings. The first-order valence-electron chi connectivity index (χ1n) is 13.5. The number of esters is 1. The molecule has 0 spiro atoms. The Balaban J connectivity index is 1.44. The normalized spacial score (nSPS) is 13.4. The Morgan fingerprint density at radius 1 is 0.810 bits per heavy atom. The number of amides is 2. The van der Waals surface area contributed by atoms with Crippen molar-refractivity contribution in [2.75, 3.05) is 13.2 Å². The van der Waals surface area contributed by atoms with Crippen LogP contribution in [0.3, 0.4) is 0 Å². The van der Waals surface area contributed by atoms with Crippen LogP contribution in [-0.4, -0.2) is 54.5 Å². The zero-order chi connectivity index (χ0) is 29.9. The van der Waals surface area contributed by atoms with E-state index in [1.165, 1.54) is 13.0 Å². The highest BCUT2D eigenvalue weighted by molar-refractivity contribution is 5.90. The van der Waals surface area contributed by atoms with Gasteiger partial charge in [-0.1, -0.05) is 91.0 Å². The van der Waals surface area contributed by atoms with Crippen LogP contribution in [0, 0.1) is 0 Å². The van der Waals surface area contributed by atoms with E-state index in [0.29, 0.717) is 0 Å². The Kier molecular flexibility index (Phi) is 10.4. The number of alkyl carbamates (subject to hydrolysis) is 1. The van der Waals surface area contributed by atoms with Crippen molar-refractivity contribution in [3.8, 4) is 11.1 Å². The summed E-state index contributed by atoms with van der Waals surface area (Å²) in [6, 6.07) is 22.3. The van der Waals surface area contributed by atoms with Crippen molar-refractivity contribution in [1.29, 1.82) is 0 Å². The molecule has 0 aromatic heterocycles. The van der Waals surface area contributed by atoms with Crippen LogP contribution in [0.5, 0.6) is 0 Å². The molecule has 1 aliphatic rings. The Morgan fingerprint density at radius 2 is 1.43 bits per heavy atom. The van der Waals surface area contributed by atoms with Gasteiger partial charge in [0.25, 0.3) is 0 Å². The molecule has 2 atom stereocenters. The van der Waals surface area contributed by atoms with Crippen LogP contribution >= 0.6 is 0 Å². The molecule has 0 aliphatic heterocycles. The van der Waals surface area contributed by atoms with Gasteiger partial charge in [0, 0.05) is 19.3 Å². The molecule has 0 fully saturated rings. The van der Waals surface area contributed by atoms with Crippen LogP contribution < -0.4 is 10.6 Å². The lowest BCUT2D eigenvalue weighted by Gasteiger charge is -2.22. The summed E-state index contributed by atoms with van der Waals surface area (Å²) < 4.78 is 10.5. The minimum Gasteiger partial charge on any atom is -0.462 e. The minimum absolute atomic E-state index is 0.00350. The molecule has 10 nitrogen and oxygen atoms in total. The zero-order valence-corrected chi connectivity index (χ0v) is 23.0. The summed E-state index contributed by atoms with van der Waals surface area (Å²) in [5, 5.41) is 14.1. The predicted molar refractivity (Wildman–Crippen MR) is 153 cm³/mol. The first kappa shape index (κ1) is 30.0. The summed E-state index contributed by atoms with van der Waals surface area (Å²) >= 11 is 0. The Labute approximate surface area is 243 Å². The maximum Gasteiger partial charge on any atom is 0.407 e. The van der Waals surface area contributed by atoms with Crippen LogP contribution in [0.1, 0.15) is 36.0 Å². The first-order chi connectivity index (χ1) is 20.4. The van der Waals surface area contributed by atoms with Gasteiger partial charge in [0.1, 0.15) is 25.3 Å². The molecule has 0 radical (unpaired) electrons. The highest BCUT2D eigenvalue weighted by atomic mass is 17.1. The van der Waals surface area contributed by atoms with Crippen molar-refractivity contribution < 1.29 is 38.8 Å². The number of ether oxygens (including phenoxy) is 2. The number of nitrogens with one attached hydrogen (secondary N) is 2. The molecule has 0 saturated carbocycles. The third kappa shape index (κ3) is 7.82. The monoisotopic (exact) mass is 572 g/mol. The summed E-state index contributed by atoms with van der Waals surface area (Å²) in [6.45, 7) is 1.31. The lowest BCUT2D eigenvalue weighted by molar-refractivity contribution is -0.236. The van der Waals surface area contributed by atoms with Crippen LogP contribution in [0.2, 0.25) is 0 Å². The summed E-state index contributed by atoms with van der Waals surface area (Å²) in [6.07, 6.45) is 2.32. The van der Waals surface area contributed by atoms with Crippen molar-refractivity contribution in [1.82, 2.24) is 10.6 Å². The van der Waals surface area contributed by atoms with Crippen LogP contribution in [-0.2, 0) is 35.2 Å². The van der Waals surface area contributed by atoms with Gasteiger partial charge in [0.05, 0.1) is 0 Å². The van der Waals surface area contributed by atoms with Gasteiger partial charge in [-0.3, -0.25) is 14.5 Å². The van der Waals surface area contributed by atoms with Crippen LogP contribution in [0.25, 0.3) is 11.1 Å². The van der Waals surface area contributed by atoms with Gasteiger partial charge in [-0.25, -0.2) is 9.59 Å². The summed E-state index contributed by atoms with van der Waals surface area (Å²) in [5.74, 6) is -2.39. The van der Waals surface area contributed by atoms with Crippen LogP contribution in [0.4, 0.5) is 4.79 Å². The fourth-order valence-electron chi connectivity index (χ4n) is 4.86. The zero-order valence-electron chi connectivity index (χ0n) is 23.0. The van der Waals surface area contributed by atoms with Gasteiger partial charge >= 0.3 is 18.0 Å². The highest BCUT2D eigenvalue weighted by Crippen LogP contribution is 2.44. The van der Waals surface area contributed by atoms with Gasteiger partial charge in [-0.15, -0.1) is 0 Å².